The number of carbonyl (C=O) groups excluding carboxylic acids is 1. The summed E-state index contributed by atoms with van der Waals surface area (Å²) in [5.74, 6) is -1.04. The molecule has 2 aromatic rings. The average Bonchev–Trinajstić information content (AvgIpc) is 2.97. The van der Waals surface area contributed by atoms with Crippen molar-refractivity contribution in [1.29, 1.82) is 5.26 Å². The third-order valence-electron chi connectivity index (χ3n) is 7.56. The molecular weight excluding hydrogens is 533 g/mol. The third kappa shape index (κ3) is 4.72. The molecule has 1 aromatic carbocycles. The smallest absolute Gasteiger partial charge is 0.264 e. The number of nitrogens with zero attached hydrogens (tertiary/aromatic N) is 5. The fourth-order valence-electron chi connectivity index (χ4n) is 5.47. The van der Waals surface area contributed by atoms with E-state index in [1.807, 2.05) is 0 Å². The van der Waals surface area contributed by atoms with Crippen LogP contribution in [0, 0.1) is 17.1 Å². The van der Waals surface area contributed by atoms with Gasteiger partial charge in [-0.2, -0.15) is 5.26 Å². The number of benzene rings is 1. The number of amides is 1. The molecule has 0 spiro atoms. The second kappa shape index (κ2) is 10.8. The minimum Gasteiger partial charge on any atom is -0.496 e. The van der Waals surface area contributed by atoms with Crippen molar-refractivity contribution in [1.82, 2.24) is 20.1 Å². The number of hydrogen-bond donors (Lipinski definition) is 2. The fraction of sp³-hybridized carbons (Fsp3) is 0.310. The Labute approximate surface area is 237 Å². The van der Waals surface area contributed by atoms with Crippen molar-refractivity contribution >= 4 is 23.7 Å². The van der Waals surface area contributed by atoms with Gasteiger partial charge < -0.3 is 25.6 Å². The highest BCUT2D eigenvalue weighted by atomic mass is 35.5. The molecule has 1 aromatic heterocycles. The van der Waals surface area contributed by atoms with Gasteiger partial charge in [-0.3, -0.25) is 14.8 Å². The Hall–Kier alpha value is -4.20. The van der Waals surface area contributed by atoms with Gasteiger partial charge in [-0.25, -0.2) is 4.39 Å². The van der Waals surface area contributed by atoms with Gasteiger partial charge >= 0.3 is 0 Å². The van der Waals surface area contributed by atoms with Crippen molar-refractivity contribution in [3.63, 3.8) is 0 Å². The zero-order valence-corrected chi connectivity index (χ0v) is 23.0. The lowest BCUT2D eigenvalue weighted by molar-refractivity contribution is -0.115. The molecular formula is C29H29ClFN7O2. The van der Waals surface area contributed by atoms with Gasteiger partial charge in [0.25, 0.3) is 5.91 Å². The van der Waals surface area contributed by atoms with Crippen LogP contribution in [0.25, 0.3) is 0 Å². The van der Waals surface area contributed by atoms with Crippen LogP contribution in [0.1, 0.15) is 23.1 Å². The molecule has 1 saturated heterocycles. The SMILES string of the molecule is COc1cccc(F)c1C1(C2=C(N3CCN(C)CC3)CC(Cl)(c3cnccc3C#N)C=C2)N=CC=C(C(N)=O)N1. The number of carbonyl (C=O) groups is 1. The van der Waals surface area contributed by atoms with Gasteiger partial charge in [-0.1, -0.05) is 18.2 Å². The summed E-state index contributed by atoms with van der Waals surface area (Å²) in [6.45, 7) is 2.96. The molecule has 3 aliphatic rings. The summed E-state index contributed by atoms with van der Waals surface area (Å²) in [5.41, 5.74) is 6.61. The van der Waals surface area contributed by atoms with E-state index in [0.29, 0.717) is 29.8 Å². The molecule has 1 amide bonds. The number of primary amides is 1. The first-order valence-corrected chi connectivity index (χ1v) is 13.2. The third-order valence-corrected chi connectivity index (χ3v) is 8.02. The van der Waals surface area contributed by atoms with Crippen molar-refractivity contribution < 1.29 is 13.9 Å². The molecule has 0 radical (unpaired) electrons. The van der Waals surface area contributed by atoms with Crippen LogP contribution >= 0.6 is 11.6 Å². The van der Waals surface area contributed by atoms with Crippen LogP contribution in [0.15, 0.2) is 76.8 Å². The first-order chi connectivity index (χ1) is 19.2. The molecule has 206 valence electrons. The maximum Gasteiger partial charge on any atom is 0.264 e. The highest BCUT2D eigenvalue weighted by Crippen LogP contribution is 2.50. The molecule has 40 heavy (non-hydrogen) atoms. The molecule has 0 bridgehead atoms. The lowest BCUT2D eigenvalue weighted by atomic mass is 9.78. The van der Waals surface area contributed by atoms with E-state index in [1.165, 1.54) is 25.5 Å². The number of nitriles is 1. The number of methoxy groups -OCH3 is 1. The van der Waals surface area contributed by atoms with E-state index in [1.54, 1.807) is 42.7 Å². The first kappa shape index (κ1) is 27.4. The van der Waals surface area contributed by atoms with Crippen molar-refractivity contribution in [3.8, 4) is 11.8 Å². The number of alkyl halides is 1. The summed E-state index contributed by atoms with van der Waals surface area (Å²) in [6.07, 6.45) is 9.88. The molecule has 0 saturated carbocycles. The standard InChI is InChI=1S/C29H29ClFN7O2/c1-37-12-14-38(15-13-37)24-16-28(30,21-18-34-10-7-19(21)17-32)9-6-20(24)29(35-11-8-23(36-29)27(33)39)26-22(31)4-3-5-25(26)40-2/h3-11,18,36H,12-16H2,1-2H3,(H2,33,39). The van der Waals surface area contributed by atoms with Crippen molar-refractivity contribution in [3.05, 3.63) is 94.4 Å². The van der Waals surface area contributed by atoms with Crippen LogP contribution in [0.3, 0.4) is 0 Å². The number of nitrogens with two attached hydrogens (primary N) is 1. The molecule has 2 atom stereocenters. The highest BCUT2D eigenvalue weighted by Gasteiger charge is 2.47. The molecule has 5 rings (SSSR count). The lowest BCUT2D eigenvalue weighted by Crippen LogP contribution is -2.51. The number of aliphatic imine (C=N–C) groups is 1. The number of piperazine rings is 1. The maximum absolute atomic E-state index is 15.8. The molecule has 2 aliphatic heterocycles. The molecule has 3 heterocycles. The number of rotatable bonds is 6. The van der Waals surface area contributed by atoms with E-state index in [-0.39, 0.29) is 23.4 Å². The minimum absolute atomic E-state index is 0.0701. The number of aromatic nitrogens is 1. The van der Waals surface area contributed by atoms with E-state index < -0.39 is 22.3 Å². The average molecular weight is 562 g/mol. The van der Waals surface area contributed by atoms with Crippen LogP contribution in [0.4, 0.5) is 4.39 Å². The fourth-order valence-corrected chi connectivity index (χ4v) is 5.81. The van der Waals surface area contributed by atoms with Crippen LogP contribution < -0.4 is 15.8 Å². The number of hydrogen-bond acceptors (Lipinski definition) is 8. The normalized spacial score (nSPS) is 24.8. The van der Waals surface area contributed by atoms with Gasteiger partial charge in [0.2, 0.25) is 0 Å². The van der Waals surface area contributed by atoms with Crippen LogP contribution in [0.2, 0.25) is 0 Å². The number of halogens is 2. The second-order valence-electron chi connectivity index (χ2n) is 9.93. The predicted octanol–water partition coefficient (Wildman–Crippen LogP) is 2.89. The predicted molar refractivity (Wildman–Crippen MR) is 150 cm³/mol. The molecule has 9 nitrogen and oxygen atoms in total. The summed E-state index contributed by atoms with van der Waals surface area (Å²) < 4.78 is 21.4. The van der Waals surface area contributed by atoms with Crippen molar-refractivity contribution in [2.24, 2.45) is 10.7 Å². The van der Waals surface area contributed by atoms with Gasteiger partial charge in [0.1, 0.15) is 17.3 Å². The van der Waals surface area contributed by atoms with Crippen molar-refractivity contribution in [2.75, 3.05) is 40.3 Å². The summed E-state index contributed by atoms with van der Waals surface area (Å²) in [5, 5.41) is 12.9. The molecule has 11 heteroatoms. The number of pyridine rings is 1. The second-order valence-corrected chi connectivity index (χ2v) is 10.6. The van der Waals surface area contributed by atoms with Gasteiger partial charge in [-0.05, 0) is 31.3 Å². The van der Waals surface area contributed by atoms with E-state index in [9.17, 15) is 10.1 Å². The van der Waals surface area contributed by atoms with Crippen LogP contribution in [-0.4, -0.2) is 67.2 Å². The van der Waals surface area contributed by atoms with Crippen molar-refractivity contribution in [2.45, 2.75) is 17.0 Å². The van der Waals surface area contributed by atoms with Gasteiger partial charge in [0.15, 0.2) is 5.66 Å². The Morgan fingerprint density at radius 2 is 2.05 bits per heavy atom. The van der Waals surface area contributed by atoms with Gasteiger partial charge in [0.05, 0.1) is 29.2 Å². The number of ether oxygens (including phenoxy) is 1. The summed E-state index contributed by atoms with van der Waals surface area (Å²) >= 11 is 7.30. The summed E-state index contributed by atoms with van der Waals surface area (Å²) in [6, 6.07) is 8.35. The summed E-state index contributed by atoms with van der Waals surface area (Å²) in [4.78, 5) is 24.7. The topological polar surface area (TPSA) is 120 Å². The van der Waals surface area contributed by atoms with Crippen LogP contribution in [-0.2, 0) is 15.3 Å². The molecule has 2 unspecified atom stereocenters. The largest absolute Gasteiger partial charge is 0.496 e. The lowest BCUT2D eigenvalue weighted by Gasteiger charge is -2.45. The Bertz CT molecular complexity index is 1510. The van der Waals surface area contributed by atoms with Gasteiger partial charge in [-0.15, -0.1) is 11.6 Å². The van der Waals surface area contributed by atoms with E-state index in [0.717, 1.165) is 18.8 Å². The quantitative estimate of drug-likeness (QED) is 0.520. The number of nitrogens with one attached hydrogen (secondary N) is 1. The van der Waals surface area contributed by atoms with E-state index >= 15 is 4.39 Å². The molecule has 1 fully saturated rings. The Morgan fingerprint density at radius 1 is 1.27 bits per heavy atom. The Kier molecular flexibility index (Phi) is 7.36. The minimum atomic E-state index is -1.60. The number of likely N-dealkylation sites (N-methyl/N-ethyl adjacent to an activating group) is 1. The van der Waals surface area contributed by atoms with E-state index in [2.05, 4.69) is 33.2 Å². The maximum atomic E-state index is 15.8. The Morgan fingerprint density at radius 3 is 2.75 bits per heavy atom. The number of allylic oxidation sites excluding steroid dienone is 3. The summed E-state index contributed by atoms with van der Waals surface area (Å²) in [7, 11) is 3.50. The Balaban J connectivity index is 1.76. The molecule has 3 N–H and O–H groups in total. The first-order valence-electron chi connectivity index (χ1n) is 12.8. The van der Waals surface area contributed by atoms with E-state index in [4.69, 9.17) is 27.1 Å². The van der Waals surface area contributed by atoms with Crippen LogP contribution in [0.5, 0.6) is 5.75 Å². The highest BCUT2D eigenvalue weighted by molar-refractivity contribution is 6.25. The van der Waals surface area contributed by atoms with Gasteiger partial charge in [0, 0.05) is 68.0 Å². The molecule has 1 aliphatic carbocycles. The monoisotopic (exact) mass is 561 g/mol. The zero-order chi connectivity index (χ0) is 28.5. The zero-order valence-electron chi connectivity index (χ0n) is 22.2.